The zero-order valence-corrected chi connectivity index (χ0v) is 17.4. The van der Waals surface area contributed by atoms with Crippen molar-refractivity contribution in [3.05, 3.63) is 95.1 Å². The van der Waals surface area contributed by atoms with Gasteiger partial charge in [0.1, 0.15) is 5.75 Å². The predicted molar refractivity (Wildman–Crippen MR) is 112 cm³/mol. The number of carbonyl (C=O) groups is 1. The minimum Gasteiger partial charge on any atom is -0.497 e. The molecule has 0 radical (unpaired) electrons. The Kier molecular flexibility index (Phi) is 6.51. The third-order valence-corrected chi connectivity index (χ3v) is 5.88. The monoisotopic (exact) mass is 426 g/mol. The van der Waals surface area contributed by atoms with Crippen molar-refractivity contribution in [1.29, 1.82) is 0 Å². The Morgan fingerprint density at radius 1 is 1.03 bits per heavy atom. The van der Waals surface area contributed by atoms with Crippen LogP contribution in [-0.4, -0.2) is 31.8 Å². The average molecular weight is 426 g/mol. The number of nitrogens with one attached hydrogen (secondary N) is 1. The van der Waals surface area contributed by atoms with Gasteiger partial charge in [-0.15, -0.1) is 5.17 Å². The molecule has 1 amide bonds. The molecule has 2 N–H and O–H groups in total. The third-order valence-electron chi connectivity index (χ3n) is 4.49. The SMILES string of the molecule is COc1ccc(S(=O)(=O)NN(O)C(=O)c2ccc(C)cc2)c(Cc2ccccc2)c1. The summed E-state index contributed by atoms with van der Waals surface area (Å²) in [6.07, 6.45) is 0.325. The van der Waals surface area contributed by atoms with Crippen LogP contribution in [0.25, 0.3) is 0 Å². The number of benzene rings is 3. The van der Waals surface area contributed by atoms with Crippen molar-refractivity contribution in [2.75, 3.05) is 7.11 Å². The zero-order chi connectivity index (χ0) is 21.7. The first-order chi connectivity index (χ1) is 14.3. The molecule has 0 saturated carbocycles. The normalized spacial score (nSPS) is 11.2. The lowest BCUT2D eigenvalue weighted by Crippen LogP contribution is -2.44. The van der Waals surface area contributed by atoms with Crippen LogP contribution >= 0.6 is 0 Å². The molecule has 0 atom stereocenters. The molecule has 0 unspecified atom stereocenters. The van der Waals surface area contributed by atoms with E-state index in [2.05, 4.69) is 0 Å². The van der Waals surface area contributed by atoms with Gasteiger partial charge in [0.05, 0.1) is 12.0 Å². The van der Waals surface area contributed by atoms with E-state index in [1.54, 1.807) is 18.2 Å². The molecule has 0 bridgehead atoms. The van der Waals surface area contributed by atoms with Crippen molar-refractivity contribution < 1.29 is 23.2 Å². The number of amides is 1. The molecule has 156 valence electrons. The highest BCUT2D eigenvalue weighted by molar-refractivity contribution is 7.89. The van der Waals surface area contributed by atoms with Gasteiger partial charge < -0.3 is 4.74 Å². The molecule has 30 heavy (non-hydrogen) atoms. The van der Waals surface area contributed by atoms with Crippen LogP contribution in [-0.2, 0) is 16.4 Å². The fraction of sp³-hybridized carbons (Fsp3) is 0.136. The predicted octanol–water partition coefficient (Wildman–Crippen LogP) is 3.32. The van der Waals surface area contributed by atoms with Gasteiger partial charge in [-0.1, -0.05) is 52.9 Å². The maximum atomic E-state index is 12.9. The quantitative estimate of drug-likeness (QED) is 0.446. The van der Waals surface area contributed by atoms with E-state index >= 15 is 0 Å². The van der Waals surface area contributed by atoms with E-state index in [1.165, 1.54) is 31.4 Å². The molecule has 3 aromatic carbocycles. The molecule has 0 aromatic heterocycles. The van der Waals surface area contributed by atoms with E-state index in [9.17, 15) is 18.4 Å². The summed E-state index contributed by atoms with van der Waals surface area (Å²) in [7, 11) is -2.76. The second kappa shape index (κ2) is 9.08. The number of hydroxylamine groups is 1. The highest BCUT2D eigenvalue weighted by Gasteiger charge is 2.25. The molecule has 3 aromatic rings. The number of rotatable bonds is 7. The lowest BCUT2D eigenvalue weighted by molar-refractivity contribution is -0.0761. The number of carbonyl (C=O) groups excluding carboxylic acids is 1. The molecule has 0 aliphatic rings. The van der Waals surface area contributed by atoms with Crippen molar-refractivity contribution in [1.82, 2.24) is 10.0 Å². The van der Waals surface area contributed by atoms with E-state index < -0.39 is 15.9 Å². The van der Waals surface area contributed by atoms with E-state index in [4.69, 9.17) is 4.74 Å². The Hall–Kier alpha value is -3.20. The van der Waals surface area contributed by atoms with Crippen molar-refractivity contribution in [2.45, 2.75) is 18.2 Å². The van der Waals surface area contributed by atoms with Gasteiger partial charge in [0.2, 0.25) is 0 Å². The summed E-state index contributed by atoms with van der Waals surface area (Å²) < 4.78 is 31.1. The first-order valence-electron chi connectivity index (χ1n) is 9.13. The van der Waals surface area contributed by atoms with Gasteiger partial charge in [-0.05, 0) is 54.8 Å². The van der Waals surface area contributed by atoms with Gasteiger partial charge in [0.15, 0.2) is 0 Å². The Bertz CT molecular complexity index is 1130. The van der Waals surface area contributed by atoms with Crippen molar-refractivity contribution in [3.63, 3.8) is 0 Å². The molecule has 8 heteroatoms. The van der Waals surface area contributed by atoms with Gasteiger partial charge >= 0.3 is 0 Å². The van der Waals surface area contributed by atoms with Crippen LogP contribution < -0.4 is 9.57 Å². The summed E-state index contributed by atoms with van der Waals surface area (Å²) >= 11 is 0. The standard InChI is InChI=1S/C22H22N2O5S/c1-16-8-10-18(11-9-16)22(25)24(26)23-30(27,28)21-13-12-20(29-2)15-19(21)14-17-6-4-3-5-7-17/h3-13,15,23,26H,14H2,1-2H3. The van der Waals surface area contributed by atoms with Gasteiger partial charge in [0.25, 0.3) is 15.9 Å². The molecule has 3 rings (SSSR count). The maximum absolute atomic E-state index is 12.9. The van der Waals surface area contributed by atoms with Crippen molar-refractivity contribution in [3.8, 4) is 5.75 Å². The van der Waals surface area contributed by atoms with Crippen molar-refractivity contribution in [2.24, 2.45) is 0 Å². The molecule has 7 nitrogen and oxygen atoms in total. The summed E-state index contributed by atoms with van der Waals surface area (Å²) in [6, 6.07) is 20.2. The van der Waals surface area contributed by atoms with Crippen LogP contribution in [0.15, 0.2) is 77.7 Å². The van der Waals surface area contributed by atoms with E-state index in [0.717, 1.165) is 11.1 Å². The van der Waals surface area contributed by atoms with E-state index in [0.29, 0.717) is 17.7 Å². The van der Waals surface area contributed by atoms with Crippen LogP contribution in [0.1, 0.15) is 27.0 Å². The second-order valence-corrected chi connectivity index (χ2v) is 8.34. The fourth-order valence-electron chi connectivity index (χ4n) is 2.92. The summed E-state index contributed by atoms with van der Waals surface area (Å²) in [5, 5.41) is 10.1. The van der Waals surface area contributed by atoms with E-state index in [1.807, 2.05) is 42.1 Å². The number of nitrogens with zero attached hydrogens (tertiary/aromatic N) is 1. The van der Waals surface area contributed by atoms with Crippen LogP contribution in [0, 0.1) is 6.92 Å². The minimum atomic E-state index is -4.25. The number of aryl methyl sites for hydroxylation is 1. The number of hydrogen-bond acceptors (Lipinski definition) is 5. The molecule has 0 heterocycles. The minimum absolute atomic E-state index is 0.0173. The summed E-state index contributed by atoms with van der Waals surface area (Å²) in [5.74, 6) is -0.395. The number of sulfonamides is 1. The number of hydrazine groups is 1. The van der Waals surface area contributed by atoms with Crippen LogP contribution in [0.2, 0.25) is 0 Å². The number of hydrogen-bond donors (Lipinski definition) is 2. The van der Waals surface area contributed by atoms with Crippen molar-refractivity contribution >= 4 is 15.9 Å². The van der Waals surface area contributed by atoms with Crippen LogP contribution in [0.3, 0.4) is 0 Å². The Balaban J connectivity index is 1.89. The topological polar surface area (TPSA) is 95.9 Å². The van der Waals surface area contributed by atoms with E-state index in [-0.39, 0.29) is 15.6 Å². The average Bonchev–Trinajstić information content (AvgIpc) is 2.74. The Labute approximate surface area is 175 Å². The summed E-state index contributed by atoms with van der Waals surface area (Å²) in [4.78, 5) is 14.2. The first-order valence-corrected chi connectivity index (χ1v) is 10.6. The largest absolute Gasteiger partial charge is 0.497 e. The Morgan fingerprint density at radius 3 is 2.33 bits per heavy atom. The Morgan fingerprint density at radius 2 is 1.70 bits per heavy atom. The molecule has 0 spiro atoms. The maximum Gasteiger partial charge on any atom is 0.293 e. The van der Waals surface area contributed by atoms with Gasteiger partial charge in [-0.3, -0.25) is 10.0 Å². The molecule has 0 fully saturated rings. The summed E-state index contributed by atoms with van der Waals surface area (Å²) in [5.41, 5.74) is 2.44. The van der Waals surface area contributed by atoms with Crippen LogP contribution in [0.4, 0.5) is 0 Å². The highest BCUT2D eigenvalue weighted by atomic mass is 32.2. The molecular weight excluding hydrogens is 404 g/mol. The number of methoxy groups -OCH3 is 1. The zero-order valence-electron chi connectivity index (χ0n) is 16.6. The number of ether oxygens (including phenoxy) is 1. The smallest absolute Gasteiger partial charge is 0.293 e. The van der Waals surface area contributed by atoms with Gasteiger partial charge in [0, 0.05) is 5.56 Å². The fourth-order valence-corrected chi connectivity index (χ4v) is 4.05. The third kappa shape index (κ3) is 5.04. The lowest BCUT2D eigenvalue weighted by atomic mass is 10.0. The van der Waals surface area contributed by atoms with Crippen LogP contribution in [0.5, 0.6) is 5.75 Å². The molecule has 0 aliphatic heterocycles. The first kappa shape index (κ1) is 21.5. The molecule has 0 aliphatic carbocycles. The molecule has 0 saturated heterocycles. The lowest BCUT2D eigenvalue weighted by Gasteiger charge is -2.18. The molecular formula is C22H22N2O5S. The highest BCUT2D eigenvalue weighted by Crippen LogP contribution is 2.24. The summed E-state index contributed by atoms with van der Waals surface area (Å²) in [6.45, 7) is 1.85. The van der Waals surface area contributed by atoms with Gasteiger partial charge in [-0.25, -0.2) is 8.42 Å². The van der Waals surface area contributed by atoms with Gasteiger partial charge in [-0.2, -0.15) is 0 Å². The second-order valence-electron chi connectivity index (χ2n) is 6.71.